The minimum absolute atomic E-state index is 0.0451. The SMILES string of the molecule is Nc1ncnc2c1ncn2[C@@H]1O[C@H](COP(=O)(O)OP(=O)(O)OP(=O)(O)Oc2ccc(Br)c3ccccc23)[C@@H](O)[C@H]1O. The molecule has 0 amide bonds. The summed E-state index contributed by atoms with van der Waals surface area (Å²) < 4.78 is 62.5. The molecule has 0 bridgehead atoms. The van der Waals surface area contributed by atoms with Crippen molar-refractivity contribution in [3.63, 3.8) is 0 Å². The molecule has 1 aliphatic rings. The number of hydrogen-bond donors (Lipinski definition) is 6. The van der Waals surface area contributed by atoms with Gasteiger partial charge in [0.25, 0.3) is 0 Å². The van der Waals surface area contributed by atoms with Crippen LogP contribution in [0.15, 0.2) is 53.5 Å². The minimum Gasteiger partial charge on any atom is -0.403 e. The summed E-state index contributed by atoms with van der Waals surface area (Å²) in [4.78, 5) is 41.8. The van der Waals surface area contributed by atoms with Gasteiger partial charge in [0.1, 0.15) is 35.9 Å². The number of aliphatic hydroxyl groups excluding tert-OH is 2. The summed E-state index contributed by atoms with van der Waals surface area (Å²) in [7, 11) is -16.7. The van der Waals surface area contributed by atoms with Crippen molar-refractivity contribution >= 4 is 67.2 Å². The molecule has 7 atom stereocenters. The molecule has 226 valence electrons. The molecular weight excluding hydrogens is 691 g/mol. The largest absolute Gasteiger partial charge is 0.536 e. The number of nitrogens with zero attached hydrogens (tertiary/aromatic N) is 4. The molecule has 3 unspecified atom stereocenters. The van der Waals surface area contributed by atoms with E-state index in [9.17, 15) is 38.6 Å². The third kappa shape index (κ3) is 6.59. The van der Waals surface area contributed by atoms with Crippen molar-refractivity contribution < 1.29 is 61.0 Å². The summed E-state index contributed by atoms with van der Waals surface area (Å²) >= 11 is 3.32. The first-order valence-corrected chi connectivity index (χ1v) is 16.8. The molecule has 4 aromatic rings. The van der Waals surface area contributed by atoms with Crippen molar-refractivity contribution in [2.24, 2.45) is 0 Å². The number of hydrogen-bond acceptors (Lipinski definition) is 14. The summed E-state index contributed by atoms with van der Waals surface area (Å²) in [5.41, 5.74) is 6.08. The van der Waals surface area contributed by atoms with Crippen LogP contribution >= 0.6 is 39.4 Å². The zero-order chi connectivity index (χ0) is 30.4. The molecule has 1 aliphatic heterocycles. The van der Waals surface area contributed by atoms with Gasteiger partial charge in [0.05, 0.1) is 12.9 Å². The second kappa shape index (κ2) is 11.6. The summed E-state index contributed by atoms with van der Waals surface area (Å²) in [6.07, 6.45) is -3.71. The monoisotopic (exact) mass is 711 g/mol. The standard InChI is InChI=1S/C20H21BrN5O13P3/c21-12-5-6-13(11-4-2-1-3-10(11)12)37-41(31,32)39-42(33,34)38-40(29,30)35-7-14-16(27)17(28)20(36-14)26-9-25-15-18(22)23-8-24-19(15)26/h1-6,8-9,14,16-17,20,27-28H,7H2,(H,29,30)(H,31,32)(H,33,34)(H2,22,23,24)/t14-,16-,17-,20-/m1/s1. The quantitative estimate of drug-likeness (QED) is 0.129. The highest BCUT2D eigenvalue weighted by Gasteiger charge is 2.47. The zero-order valence-corrected chi connectivity index (χ0v) is 25.0. The third-order valence-electron chi connectivity index (χ3n) is 5.86. The normalized spacial score (nSPS) is 25.2. The minimum atomic E-state index is -5.79. The van der Waals surface area contributed by atoms with Crippen LogP contribution in [0.5, 0.6) is 5.75 Å². The van der Waals surface area contributed by atoms with E-state index in [-0.39, 0.29) is 22.7 Å². The highest BCUT2D eigenvalue weighted by atomic mass is 79.9. The lowest BCUT2D eigenvalue weighted by atomic mass is 10.1. The molecule has 2 aromatic carbocycles. The number of ether oxygens (including phenoxy) is 1. The number of imidazole rings is 1. The van der Waals surface area contributed by atoms with Crippen LogP contribution in [0.4, 0.5) is 5.82 Å². The van der Waals surface area contributed by atoms with Gasteiger partial charge in [0, 0.05) is 9.86 Å². The lowest BCUT2D eigenvalue weighted by Crippen LogP contribution is -2.33. The Bertz CT molecular complexity index is 1790. The maximum Gasteiger partial charge on any atom is 0.536 e. The van der Waals surface area contributed by atoms with Gasteiger partial charge in [-0.1, -0.05) is 40.2 Å². The van der Waals surface area contributed by atoms with E-state index in [4.69, 9.17) is 15.0 Å². The van der Waals surface area contributed by atoms with Gasteiger partial charge in [-0.15, -0.1) is 0 Å². The molecule has 0 radical (unpaired) electrons. The Morgan fingerprint density at radius 1 is 0.929 bits per heavy atom. The van der Waals surface area contributed by atoms with Gasteiger partial charge in [-0.3, -0.25) is 14.0 Å². The Balaban J connectivity index is 1.22. The molecule has 0 spiro atoms. The summed E-state index contributed by atoms with van der Waals surface area (Å²) in [6, 6.07) is 9.29. The van der Waals surface area contributed by atoms with E-state index in [0.717, 1.165) is 6.33 Å². The Morgan fingerprint density at radius 3 is 2.36 bits per heavy atom. The number of benzene rings is 2. The maximum atomic E-state index is 12.5. The highest BCUT2D eigenvalue weighted by Crippen LogP contribution is 2.67. The fourth-order valence-electron chi connectivity index (χ4n) is 4.08. The van der Waals surface area contributed by atoms with Gasteiger partial charge in [-0.2, -0.15) is 8.62 Å². The molecule has 42 heavy (non-hydrogen) atoms. The molecule has 5 rings (SSSR count). The third-order valence-corrected chi connectivity index (χ3v) is 10.8. The highest BCUT2D eigenvalue weighted by molar-refractivity contribution is 9.10. The first-order chi connectivity index (χ1) is 19.7. The van der Waals surface area contributed by atoms with E-state index in [0.29, 0.717) is 15.2 Å². The van der Waals surface area contributed by atoms with E-state index >= 15 is 0 Å². The number of fused-ring (bicyclic) bond motifs is 2. The number of anilines is 1. The first kappa shape index (κ1) is 31.1. The van der Waals surface area contributed by atoms with Gasteiger partial charge < -0.3 is 35.0 Å². The molecule has 2 aromatic heterocycles. The van der Waals surface area contributed by atoms with Crippen LogP contribution < -0.4 is 10.3 Å². The molecular formula is C20H21BrN5O13P3. The molecule has 1 fully saturated rings. The van der Waals surface area contributed by atoms with Gasteiger partial charge in [-0.25, -0.2) is 28.6 Å². The zero-order valence-electron chi connectivity index (χ0n) is 20.7. The molecule has 3 heterocycles. The van der Waals surface area contributed by atoms with Crippen LogP contribution in [-0.2, 0) is 31.6 Å². The maximum absolute atomic E-state index is 12.5. The number of halogens is 1. The smallest absolute Gasteiger partial charge is 0.403 e. The molecule has 0 saturated carbocycles. The molecule has 1 saturated heterocycles. The van der Waals surface area contributed by atoms with Gasteiger partial charge in [0.15, 0.2) is 17.7 Å². The fraction of sp³-hybridized carbons (Fsp3) is 0.250. The van der Waals surface area contributed by atoms with Crippen LogP contribution in [0.25, 0.3) is 21.9 Å². The number of aromatic nitrogens is 4. The second-order valence-corrected chi connectivity index (χ2v) is 14.1. The Hall–Kier alpha value is -2.34. The van der Waals surface area contributed by atoms with E-state index in [1.54, 1.807) is 24.3 Å². The van der Waals surface area contributed by atoms with Crippen molar-refractivity contribution in [3.05, 3.63) is 53.5 Å². The number of rotatable bonds is 10. The predicted octanol–water partition coefficient (Wildman–Crippen LogP) is 2.37. The van der Waals surface area contributed by atoms with Crippen LogP contribution in [0.3, 0.4) is 0 Å². The molecule has 0 aliphatic carbocycles. The van der Waals surface area contributed by atoms with Crippen LogP contribution in [0.2, 0.25) is 0 Å². The van der Waals surface area contributed by atoms with E-state index < -0.39 is 54.6 Å². The van der Waals surface area contributed by atoms with Crippen LogP contribution in [0.1, 0.15) is 6.23 Å². The van der Waals surface area contributed by atoms with E-state index in [1.807, 2.05) is 0 Å². The Kier molecular flexibility index (Phi) is 8.61. The Morgan fingerprint density at radius 2 is 1.62 bits per heavy atom. The molecule has 22 heteroatoms. The Labute approximate surface area is 243 Å². The van der Waals surface area contributed by atoms with Gasteiger partial charge >= 0.3 is 23.5 Å². The lowest BCUT2D eigenvalue weighted by molar-refractivity contribution is -0.0503. The summed E-state index contributed by atoms with van der Waals surface area (Å²) in [5, 5.41) is 21.8. The summed E-state index contributed by atoms with van der Waals surface area (Å²) in [5.74, 6) is -0.160. The first-order valence-electron chi connectivity index (χ1n) is 11.5. The topological polar surface area (TPSA) is 268 Å². The average molecular weight is 712 g/mol. The number of aliphatic hydroxyl groups is 2. The number of phosphoric ester groups is 2. The van der Waals surface area contributed by atoms with Gasteiger partial charge in [-0.05, 0) is 17.5 Å². The van der Waals surface area contributed by atoms with Crippen molar-refractivity contribution in [1.82, 2.24) is 19.5 Å². The van der Waals surface area contributed by atoms with Crippen LogP contribution in [-0.4, -0.2) is 69.3 Å². The lowest BCUT2D eigenvalue weighted by Gasteiger charge is -2.20. The van der Waals surface area contributed by atoms with Crippen molar-refractivity contribution in [1.29, 1.82) is 0 Å². The molecule has 18 nitrogen and oxygen atoms in total. The van der Waals surface area contributed by atoms with Gasteiger partial charge in [0.2, 0.25) is 0 Å². The van der Waals surface area contributed by atoms with Crippen molar-refractivity contribution in [3.8, 4) is 5.75 Å². The predicted molar refractivity (Wildman–Crippen MR) is 146 cm³/mol. The second-order valence-electron chi connectivity index (χ2n) is 8.68. The number of nitrogens with two attached hydrogens (primary N) is 1. The van der Waals surface area contributed by atoms with E-state index in [2.05, 4.69) is 44.0 Å². The fourth-order valence-corrected chi connectivity index (χ4v) is 8.09. The van der Waals surface area contributed by atoms with Crippen molar-refractivity contribution in [2.45, 2.75) is 24.5 Å². The summed E-state index contributed by atoms with van der Waals surface area (Å²) in [6.45, 7) is -0.954. The number of phosphoric acid groups is 3. The molecule has 7 N–H and O–H groups in total. The van der Waals surface area contributed by atoms with Crippen molar-refractivity contribution in [2.75, 3.05) is 12.3 Å². The van der Waals surface area contributed by atoms with E-state index in [1.165, 1.54) is 23.0 Å². The van der Waals surface area contributed by atoms with Crippen LogP contribution in [0, 0.1) is 0 Å². The number of nitrogen functional groups attached to an aromatic ring is 1. The average Bonchev–Trinajstić information content (AvgIpc) is 3.45.